The standard InChI is InChI=1S/C21H26O3/c1-5-14-7-12(3)8-15(6-2)18(14)19-20(22)16-9-13(11-24-4)10-17(16)21(19)23/h7-9,13,17,19H,5-6,10-11H2,1-4H3. The molecule has 0 heterocycles. The molecule has 2 aliphatic carbocycles. The predicted octanol–water partition coefficient (Wildman–Crippen LogP) is 3.56. The normalized spacial score (nSPS) is 26.0. The summed E-state index contributed by atoms with van der Waals surface area (Å²) in [7, 11) is 1.66. The second-order valence-corrected chi connectivity index (χ2v) is 7.03. The van der Waals surface area contributed by atoms with Gasteiger partial charge in [0, 0.05) is 24.5 Å². The van der Waals surface area contributed by atoms with Crippen LogP contribution in [0.25, 0.3) is 0 Å². The number of benzene rings is 1. The van der Waals surface area contributed by atoms with Crippen molar-refractivity contribution in [2.24, 2.45) is 11.8 Å². The minimum Gasteiger partial charge on any atom is -0.384 e. The van der Waals surface area contributed by atoms with Crippen molar-refractivity contribution in [3.63, 3.8) is 0 Å². The molecule has 0 N–H and O–H groups in total. The Balaban J connectivity index is 2.05. The van der Waals surface area contributed by atoms with Crippen LogP contribution >= 0.6 is 0 Å². The van der Waals surface area contributed by atoms with E-state index in [-0.39, 0.29) is 23.4 Å². The molecular formula is C21H26O3. The molecule has 3 atom stereocenters. The molecule has 3 nitrogen and oxygen atoms in total. The number of carbonyl (C=O) groups excluding carboxylic acids is 2. The van der Waals surface area contributed by atoms with Gasteiger partial charge < -0.3 is 4.74 Å². The zero-order valence-corrected chi connectivity index (χ0v) is 15.0. The molecule has 0 bridgehead atoms. The molecule has 3 unspecified atom stereocenters. The number of aryl methyl sites for hydroxylation is 3. The van der Waals surface area contributed by atoms with Crippen molar-refractivity contribution in [3.05, 3.63) is 46.0 Å². The third-order valence-corrected chi connectivity index (χ3v) is 5.43. The molecule has 0 saturated heterocycles. The van der Waals surface area contributed by atoms with Crippen LogP contribution in [0, 0.1) is 18.8 Å². The van der Waals surface area contributed by atoms with Crippen LogP contribution in [0.15, 0.2) is 23.8 Å². The Morgan fingerprint density at radius 1 is 1.12 bits per heavy atom. The Kier molecular flexibility index (Phi) is 4.73. The quantitative estimate of drug-likeness (QED) is 0.777. The molecule has 2 aliphatic rings. The topological polar surface area (TPSA) is 43.4 Å². The molecule has 1 fully saturated rings. The number of allylic oxidation sites excluding steroid dienone is 1. The molecule has 1 saturated carbocycles. The zero-order chi connectivity index (χ0) is 17.4. The van der Waals surface area contributed by atoms with Crippen LogP contribution in [0.3, 0.4) is 0 Å². The number of hydrogen-bond acceptors (Lipinski definition) is 3. The van der Waals surface area contributed by atoms with Crippen molar-refractivity contribution in [1.82, 2.24) is 0 Å². The highest BCUT2D eigenvalue weighted by atomic mass is 16.5. The molecule has 0 spiro atoms. The van der Waals surface area contributed by atoms with E-state index >= 15 is 0 Å². The van der Waals surface area contributed by atoms with Gasteiger partial charge in [-0.3, -0.25) is 9.59 Å². The average molecular weight is 326 g/mol. The number of rotatable bonds is 5. The number of ketones is 2. The van der Waals surface area contributed by atoms with Crippen molar-refractivity contribution < 1.29 is 14.3 Å². The third kappa shape index (κ3) is 2.65. The fourth-order valence-electron chi connectivity index (χ4n) is 4.40. The van der Waals surface area contributed by atoms with Crippen LogP contribution < -0.4 is 0 Å². The Hall–Kier alpha value is -1.74. The number of methoxy groups -OCH3 is 1. The average Bonchev–Trinajstić information content (AvgIpc) is 3.07. The number of ether oxygens (including phenoxy) is 1. The van der Waals surface area contributed by atoms with Crippen LogP contribution in [-0.2, 0) is 27.2 Å². The van der Waals surface area contributed by atoms with Crippen LogP contribution in [0.2, 0.25) is 0 Å². The zero-order valence-electron chi connectivity index (χ0n) is 15.0. The first-order valence-electron chi connectivity index (χ1n) is 8.92. The summed E-state index contributed by atoms with van der Waals surface area (Å²) in [5, 5.41) is 0. The molecule has 3 rings (SSSR count). The maximum absolute atomic E-state index is 13.1. The van der Waals surface area contributed by atoms with Crippen LogP contribution in [-0.4, -0.2) is 25.3 Å². The number of hydrogen-bond donors (Lipinski definition) is 0. The van der Waals surface area contributed by atoms with Crippen molar-refractivity contribution in [2.75, 3.05) is 13.7 Å². The van der Waals surface area contributed by atoms with E-state index in [1.165, 1.54) is 5.56 Å². The van der Waals surface area contributed by atoms with Crippen molar-refractivity contribution in [3.8, 4) is 0 Å². The van der Waals surface area contributed by atoms with Gasteiger partial charge in [-0.15, -0.1) is 0 Å². The minimum atomic E-state index is -0.588. The second kappa shape index (κ2) is 6.64. The number of carbonyl (C=O) groups is 2. The maximum Gasteiger partial charge on any atom is 0.174 e. The smallest absolute Gasteiger partial charge is 0.174 e. The molecule has 0 aliphatic heterocycles. The summed E-state index contributed by atoms with van der Waals surface area (Å²) < 4.78 is 5.19. The van der Waals surface area contributed by atoms with E-state index in [9.17, 15) is 9.59 Å². The first-order chi connectivity index (χ1) is 11.5. The van der Waals surface area contributed by atoms with Crippen LogP contribution in [0.4, 0.5) is 0 Å². The van der Waals surface area contributed by atoms with Gasteiger partial charge in [0.15, 0.2) is 11.6 Å². The minimum absolute atomic E-state index is 0.0249. The number of fused-ring (bicyclic) bond motifs is 1. The van der Waals surface area contributed by atoms with Gasteiger partial charge in [0.05, 0.1) is 6.61 Å². The van der Waals surface area contributed by atoms with Gasteiger partial charge in [-0.25, -0.2) is 0 Å². The van der Waals surface area contributed by atoms with Gasteiger partial charge in [-0.1, -0.05) is 37.6 Å². The van der Waals surface area contributed by atoms with Gasteiger partial charge in [-0.2, -0.15) is 0 Å². The van der Waals surface area contributed by atoms with Crippen molar-refractivity contribution in [1.29, 1.82) is 0 Å². The van der Waals surface area contributed by atoms with E-state index in [4.69, 9.17) is 4.74 Å². The molecule has 24 heavy (non-hydrogen) atoms. The molecule has 128 valence electrons. The molecule has 1 aromatic rings. The Labute approximate surface area is 144 Å². The molecule has 3 heteroatoms. The summed E-state index contributed by atoms with van der Waals surface area (Å²) in [5.74, 6) is -0.498. The Morgan fingerprint density at radius 2 is 1.75 bits per heavy atom. The summed E-state index contributed by atoms with van der Waals surface area (Å²) >= 11 is 0. The monoisotopic (exact) mass is 326 g/mol. The molecule has 1 aromatic carbocycles. The highest BCUT2D eigenvalue weighted by molar-refractivity contribution is 6.24. The maximum atomic E-state index is 13.1. The van der Waals surface area contributed by atoms with Gasteiger partial charge >= 0.3 is 0 Å². The third-order valence-electron chi connectivity index (χ3n) is 5.43. The van der Waals surface area contributed by atoms with E-state index < -0.39 is 5.92 Å². The lowest BCUT2D eigenvalue weighted by atomic mass is 9.83. The summed E-state index contributed by atoms with van der Waals surface area (Å²) in [5.41, 5.74) is 5.21. The molecular weight excluding hydrogens is 300 g/mol. The first-order valence-corrected chi connectivity index (χ1v) is 8.92. The van der Waals surface area contributed by atoms with Gasteiger partial charge in [-0.05, 0) is 42.9 Å². The highest BCUT2D eigenvalue weighted by Crippen LogP contribution is 2.46. The van der Waals surface area contributed by atoms with Gasteiger partial charge in [0.1, 0.15) is 5.92 Å². The lowest BCUT2D eigenvalue weighted by Crippen LogP contribution is -2.20. The molecule has 0 amide bonds. The molecule has 0 radical (unpaired) electrons. The highest BCUT2D eigenvalue weighted by Gasteiger charge is 2.50. The largest absolute Gasteiger partial charge is 0.384 e. The van der Waals surface area contributed by atoms with Crippen LogP contribution in [0.1, 0.15) is 48.4 Å². The van der Waals surface area contributed by atoms with E-state index in [0.29, 0.717) is 6.61 Å². The van der Waals surface area contributed by atoms with Crippen LogP contribution in [0.5, 0.6) is 0 Å². The fourth-order valence-corrected chi connectivity index (χ4v) is 4.40. The van der Waals surface area contributed by atoms with Gasteiger partial charge in [0.25, 0.3) is 0 Å². The Bertz CT molecular complexity index is 689. The van der Waals surface area contributed by atoms with Gasteiger partial charge in [0.2, 0.25) is 0 Å². The summed E-state index contributed by atoms with van der Waals surface area (Å²) in [6.07, 6.45) is 4.40. The molecule has 0 aromatic heterocycles. The van der Waals surface area contributed by atoms with E-state index in [1.54, 1.807) is 7.11 Å². The Morgan fingerprint density at radius 3 is 2.25 bits per heavy atom. The summed E-state index contributed by atoms with van der Waals surface area (Å²) in [4.78, 5) is 26.1. The number of Topliss-reactive ketones (excluding diaryl/α,β-unsaturated/α-hetero) is 2. The summed E-state index contributed by atoms with van der Waals surface area (Å²) in [6, 6.07) is 4.26. The first kappa shape index (κ1) is 17.1. The summed E-state index contributed by atoms with van der Waals surface area (Å²) in [6.45, 7) is 6.84. The van der Waals surface area contributed by atoms with E-state index in [1.807, 2.05) is 6.08 Å². The second-order valence-electron chi connectivity index (χ2n) is 7.03. The van der Waals surface area contributed by atoms with Crippen molar-refractivity contribution >= 4 is 11.6 Å². The fraction of sp³-hybridized carbons (Fsp3) is 0.524. The van der Waals surface area contributed by atoms with E-state index in [0.717, 1.165) is 41.5 Å². The lowest BCUT2D eigenvalue weighted by Gasteiger charge is -2.19. The SMILES string of the molecule is CCc1cc(C)cc(CC)c1C1C(=O)C2=CC(COC)CC2C1=O. The lowest BCUT2D eigenvalue weighted by molar-refractivity contribution is -0.125. The van der Waals surface area contributed by atoms with Crippen molar-refractivity contribution in [2.45, 2.75) is 46.0 Å². The predicted molar refractivity (Wildman–Crippen MR) is 94.2 cm³/mol. The van der Waals surface area contributed by atoms with E-state index in [2.05, 4.69) is 32.9 Å².